The molecule has 0 unspecified atom stereocenters. The monoisotopic (exact) mass is 289 g/mol. The lowest BCUT2D eigenvalue weighted by atomic mass is 10.1. The van der Waals surface area contributed by atoms with E-state index >= 15 is 0 Å². The predicted molar refractivity (Wildman–Crippen MR) is 76.5 cm³/mol. The van der Waals surface area contributed by atoms with E-state index in [1.807, 2.05) is 20.8 Å². The van der Waals surface area contributed by atoms with Gasteiger partial charge in [-0.3, -0.25) is 4.79 Å². The average molecular weight is 289 g/mol. The summed E-state index contributed by atoms with van der Waals surface area (Å²) in [5, 5.41) is 21.6. The zero-order valence-corrected chi connectivity index (χ0v) is 12.7. The lowest BCUT2D eigenvalue weighted by molar-refractivity contribution is -0.136. The second kappa shape index (κ2) is 5.99. The minimum absolute atomic E-state index is 0.0568. The number of aromatic nitrogens is 5. The molecule has 0 radical (unpaired) electrons. The Hall–Kier alpha value is -2.31. The third-order valence-electron chi connectivity index (χ3n) is 3.46. The topological polar surface area (TPSA) is 93.8 Å². The van der Waals surface area contributed by atoms with Crippen molar-refractivity contribution >= 4 is 5.97 Å². The molecule has 1 N–H and O–H groups in total. The Balaban J connectivity index is 2.50. The van der Waals surface area contributed by atoms with E-state index in [1.165, 1.54) is 0 Å². The largest absolute Gasteiger partial charge is 0.481 e. The van der Waals surface area contributed by atoms with E-state index in [9.17, 15) is 4.79 Å². The van der Waals surface area contributed by atoms with E-state index in [4.69, 9.17) is 5.11 Å². The molecule has 0 bridgehead atoms. The van der Waals surface area contributed by atoms with Crippen LogP contribution in [0.1, 0.15) is 42.2 Å². The van der Waals surface area contributed by atoms with Gasteiger partial charge in [0.05, 0.1) is 23.5 Å². The van der Waals surface area contributed by atoms with E-state index in [0.717, 1.165) is 29.9 Å². The van der Waals surface area contributed by atoms with Crippen LogP contribution in [0.4, 0.5) is 0 Å². The number of rotatable bonds is 5. The number of carboxylic acids is 1. The van der Waals surface area contributed by atoms with Gasteiger partial charge in [-0.15, -0.1) is 10.2 Å². The molecule has 0 spiro atoms. The molecular weight excluding hydrogens is 270 g/mol. The van der Waals surface area contributed by atoms with Gasteiger partial charge in [-0.1, -0.05) is 13.8 Å². The first-order valence-electron chi connectivity index (χ1n) is 6.97. The molecule has 0 atom stereocenters. The summed E-state index contributed by atoms with van der Waals surface area (Å²) in [6, 6.07) is 0. The highest BCUT2D eigenvalue weighted by molar-refractivity contribution is 5.71. The maximum Gasteiger partial charge on any atom is 0.307 e. The van der Waals surface area contributed by atoms with Crippen molar-refractivity contribution in [2.24, 2.45) is 0 Å². The predicted octanol–water partition coefficient (Wildman–Crippen LogP) is 1.43. The Morgan fingerprint density at radius 2 is 1.81 bits per heavy atom. The zero-order valence-electron chi connectivity index (χ0n) is 12.7. The Morgan fingerprint density at radius 1 is 1.14 bits per heavy atom. The molecule has 0 amide bonds. The first kappa shape index (κ1) is 15.1. The van der Waals surface area contributed by atoms with Gasteiger partial charge < -0.3 is 5.11 Å². The fourth-order valence-corrected chi connectivity index (χ4v) is 2.29. The van der Waals surface area contributed by atoms with Gasteiger partial charge in [0.2, 0.25) is 0 Å². The molecule has 7 nitrogen and oxygen atoms in total. The van der Waals surface area contributed by atoms with Crippen LogP contribution in [-0.4, -0.2) is 36.0 Å². The van der Waals surface area contributed by atoms with Crippen LogP contribution in [0.25, 0.3) is 5.95 Å². The van der Waals surface area contributed by atoms with Crippen molar-refractivity contribution in [1.29, 1.82) is 0 Å². The smallest absolute Gasteiger partial charge is 0.307 e. The number of nitrogens with zero attached hydrogens (tertiary/aromatic N) is 5. The molecule has 2 heterocycles. The van der Waals surface area contributed by atoms with E-state index in [1.54, 1.807) is 11.6 Å². The van der Waals surface area contributed by atoms with Crippen LogP contribution in [0, 0.1) is 13.8 Å². The van der Waals surface area contributed by atoms with Crippen LogP contribution < -0.4 is 0 Å². The van der Waals surface area contributed by atoms with E-state index in [-0.39, 0.29) is 6.42 Å². The SMILES string of the molecule is CCc1nnc(-n2nc(C)c(CC(=O)O)c2C)nc1CC. The Bertz CT molecular complexity index is 678. The third-order valence-corrected chi connectivity index (χ3v) is 3.46. The summed E-state index contributed by atoms with van der Waals surface area (Å²) in [5.74, 6) is -0.489. The van der Waals surface area contributed by atoms with Crippen LogP contribution in [-0.2, 0) is 24.1 Å². The van der Waals surface area contributed by atoms with Crippen molar-refractivity contribution < 1.29 is 9.90 Å². The summed E-state index contributed by atoms with van der Waals surface area (Å²) in [5.41, 5.74) is 3.89. The molecule has 2 aromatic rings. The van der Waals surface area contributed by atoms with Crippen LogP contribution >= 0.6 is 0 Å². The lowest BCUT2D eigenvalue weighted by Gasteiger charge is -2.07. The molecule has 0 saturated heterocycles. The number of aryl methyl sites for hydroxylation is 3. The van der Waals surface area contributed by atoms with Gasteiger partial charge in [0.15, 0.2) is 0 Å². The Labute approximate surface area is 123 Å². The summed E-state index contributed by atoms with van der Waals surface area (Å²) in [6.07, 6.45) is 1.50. The summed E-state index contributed by atoms with van der Waals surface area (Å²) in [7, 11) is 0. The quantitative estimate of drug-likeness (QED) is 0.894. The normalized spacial score (nSPS) is 10.9. The summed E-state index contributed by atoms with van der Waals surface area (Å²) in [4.78, 5) is 15.4. The lowest BCUT2D eigenvalue weighted by Crippen LogP contribution is -2.11. The summed E-state index contributed by atoms with van der Waals surface area (Å²) >= 11 is 0. The zero-order chi connectivity index (χ0) is 15.6. The number of hydrogen-bond donors (Lipinski definition) is 1. The molecule has 2 rings (SSSR count). The van der Waals surface area contributed by atoms with Gasteiger partial charge in [-0.2, -0.15) is 5.10 Å². The number of hydrogen-bond acceptors (Lipinski definition) is 5. The van der Waals surface area contributed by atoms with Gasteiger partial charge in [0.1, 0.15) is 0 Å². The molecule has 0 fully saturated rings. The van der Waals surface area contributed by atoms with Crippen LogP contribution in [0.3, 0.4) is 0 Å². The van der Waals surface area contributed by atoms with Crippen molar-refractivity contribution in [2.75, 3.05) is 0 Å². The van der Waals surface area contributed by atoms with Crippen LogP contribution in [0.15, 0.2) is 0 Å². The van der Waals surface area contributed by atoms with E-state index < -0.39 is 5.97 Å². The molecular formula is C14H19N5O2. The first-order valence-corrected chi connectivity index (χ1v) is 6.97. The Kier molecular flexibility index (Phi) is 4.30. The van der Waals surface area contributed by atoms with Gasteiger partial charge in [-0.05, 0) is 26.7 Å². The highest BCUT2D eigenvalue weighted by Gasteiger charge is 2.17. The third kappa shape index (κ3) is 2.91. The van der Waals surface area contributed by atoms with Crippen LogP contribution in [0.5, 0.6) is 0 Å². The van der Waals surface area contributed by atoms with Gasteiger partial charge in [-0.25, -0.2) is 9.67 Å². The molecule has 7 heteroatoms. The van der Waals surface area contributed by atoms with Gasteiger partial charge in [0, 0.05) is 11.3 Å². The number of aliphatic carboxylic acids is 1. The molecule has 0 aliphatic rings. The fraction of sp³-hybridized carbons (Fsp3) is 0.500. The van der Waals surface area contributed by atoms with Crippen LogP contribution in [0.2, 0.25) is 0 Å². The van der Waals surface area contributed by atoms with Crippen molar-refractivity contribution in [3.63, 3.8) is 0 Å². The minimum Gasteiger partial charge on any atom is -0.481 e. The second-order valence-corrected chi connectivity index (χ2v) is 4.84. The van der Waals surface area contributed by atoms with Crippen molar-refractivity contribution in [2.45, 2.75) is 47.0 Å². The molecule has 0 aliphatic carbocycles. The maximum absolute atomic E-state index is 10.9. The molecule has 112 valence electrons. The highest BCUT2D eigenvalue weighted by atomic mass is 16.4. The van der Waals surface area contributed by atoms with Crippen molar-refractivity contribution in [1.82, 2.24) is 25.0 Å². The van der Waals surface area contributed by atoms with Gasteiger partial charge >= 0.3 is 5.97 Å². The highest BCUT2D eigenvalue weighted by Crippen LogP contribution is 2.17. The van der Waals surface area contributed by atoms with Crippen molar-refractivity contribution in [3.8, 4) is 5.95 Å². The maximum atomic E-state index is 10.9. The average Bonchev–Trinajstić information content (AvgIpc) is 2.74. The molecule has 0 aromatic carbocycles. The van der Waals surface area contributed by atoms with Gasteiger partial charge in [0.25, 0.3) is 5.95 Å². The number of carboxylic acid groups (broad SMARTS) is 1. The van der Waals surface area contributed by atoms with Crippen molar-refractivity contribution in [3.05, 3.63) is 28.3 Å². The summed E-state index contributed by atoms with van der Waals surface area (Å²) < 4.78 is 1.57. The minimum atomic E-state index is -0.879. The molecule has 2 aromatic heterocycles. The standard InChI is InChI=1S/C14H19N5O2/c1-5-11-12(6-2)16-17-14(15-11)19-9(4)10(7-13(20)21)8(3)18-19/h5-7H2,1-4H3,(H,20,21). The summed E-state index contributed by atoms with van der Waals surface area (Å²) in [6.45, 7) is 7.64. The first-order chi connectivity index (χ1) is 9.97. The fourth-order valence-electron chi connectivity index (χ4n) is 2.29. The van der Waals surface area contributed by atoms with E-state index in [0.29, 0.717) is 17.2 Å². The molecule has 0 saturated carbocycles. The Morgan fingerprint density at radius 3 is 2.38 bits per heavy atom. The second-order valence-electron chi connectivity index (χ2n) is 4.84. The van der Waals surface area contributed by atoms with E-state index in [2.05, 4.69) is 20.3 Å². The number of carbonyl (C=O) groups is 1. The molecule has 0 aliphatic heterocycles. The molecule has 21 heavy (non-hydrogen) atoms.